The highest BCUT2D eigenvalue weighted by Gasteiger charge is 2.28. The van der Waals surface area contributed by atoms with Crippen molar-refractivity contribution < 1.29 is 4.79 Å². The number of hydrogen-bond donors (Lipinski definition) is 1. The van der Waals surface area contributed by atoms with Gasteiger partial charge in [0.25, 0.3) is 0 Å². The van der Waals surface area contributed by atoms with Crippen LogP contribution >= 0.6 is 11.8 Å². The average molecular weight is 394 g/mol. The van der Waals surface area contributed by atoms with Crippen LogP contribution in [0.5, 0.6) is 0 Å². The quantitative estimate of drug-likeness (QED) is 0.617. The molecule has 0 unspecified atom stereocenters. The molecule has 1 aliphatic rings. The van der Waals surface area contributed by atoms with Crippen molar-refractivity contribution in [3.05, 3.63) is 54.6 Å². The van der Waals surface area contributed by atoms with E-state index in [0.717, 1.165) is 28.3 Å². The fraction of sp³-hybridized carbons (Fsp3) is 0.391. The van der Waals surface area contributed by atoms with Crippen molar-refractivity contribution in [2.24, 2.45) is 11.8 Å². The van der Waals surface area contributed by atoms with E-state index in [2.05, 4.69) is 41.9 Å². The summed E-state index contributed by atoms with van der Waals surface area (Å²) in [5, 5.41) is 4.12. The van der Waals surface area contributed by atoms with Crippen LogP contribution in [0, 0.1) is 11.8 Å². The maximum absolute atomic E-state index is 12.6. The maximum atomic E-state index is 12.6. The molecule has 1 saturated carbocycles. The maximum Gasteiger partial charge on any atom is 0.230 e. The van der Waals surface area contributed by atoms with E-state index >= 15 is 0 Å². The number of para-hydroxylation sites is 3. The second-order valence-electron chi connectivity index (χ2n) is 7.78. The number of imidazole rings is 1. The molecule has 0 aliphatic heterocycles. The molecule has 0 spiro atoms. The summed E-state index contributed by atoms with van der Waals surface area (Å²) >= 11 is 1.51. The lowest BCUT2D eigenvalue weighted by Gasteiger charge is -2.34. The Labute approximate surface area is 170 Å². The summed E-state index contributed by atoms with van der Waals surface area (Å²) in [6, 6.07) is 18.6. The van der Waals surface area contributed by atoms with E-state index in [1.165, 1.54) is 24.6 Å². The Hall–Kier alpha value is -2.27. The molecule has 0 saturated heterocycles. The van der Waals surface area contributed by atoms with Gasteiger partial charge in [0, 0.05) is 11.7 Å². The van der Waals surface area contributed by atoms with Crippen molar-refractivity contribution >= 4 is 28.7 Å². The summed E-state index contributed by atoms with van der Waals surface area (Å²) in [6.45, 7) is 4.55. The van der Waals surface area contributed by atoms with Gasteiger partial charge in [-0.25, -0.2) is 4.98 Å². The fourth-order valence-corrected chi connectivity index (χ4v) is 4.93. The predicted octanol–water partition coefficient (Wildman–Crippen LogP) is 5.06. The molecule has 5 heteroatoms. The zero-order valence-corrected chi connectivity index (χ0v) is 17.3. The number of thioether (sulfide) groups is 1. The first-order valence-corrected chi connectivity index (χ1v) is 11.1. The number of hydrogen-bond acceptors (Lipinski definition) is 3. The highest BCUT2D eigenvalue weighted by Crippen LogP contribution is 2.30. The number of rotatable bonds is 5. The fourth-order valence-electron chi connectivity index (χ4n) is 4.09. The second kappa shape index (κ2) is 8.39. The van der Waals surface area contributed by atoms with Crippen LogP contribution in [0.4, 0.5) is 0 Å². The minimum atomic E-state index is 0.0996. The van der Waals surface area contributed by atoms with E-state index in [9.17, 15) is 4.79 Å². The van der Waals surface area contributed by atoms with Crippen molar-refractivity contribution in [2.75, 3.05) is 5.75 Å². The number of benzene rings is 2. The summed E-state index contributed by atoms with van der Waals surface area (Å²) in [6.07, 6.45) is 3.56. The third-order valence-corrected chi connectivity index (χ3v) is 6.87. The lowest BCUT2D eigenvalue weighted by molar-refractivity contribution is -0.120. The van der Waals surface area contributed by atoms with E-state index < -0.39 is 0 Å². The van der Waals surface area contributed by atoms with Crippen molar-refractivity contribution in [1.29, 1.82) is 0 Å². The van der Waals surface area contributed by atoms with E-state index in [-0.39, 0.29) is 5.91 Å². The van der Waals surface area contributed by atoms with Gasteiger partial charge in [0.1, 0.15) is 0 Å². The first-order chi connectivity index (χ1) is 13.6. The Bertz CT molecular complexity index is 953. The molecule has 1 fully saturated rings. The van der Waals surface area contributed by atoms with Gasteiger partial charge in [-0.1, -0.05) is 68.8 Å². The Kier molecular flexibility index (Phi) is 5.72. The summed E-state index contributed by atoms with van der Waals surface area (Å²) in [5.74, 6) is 1.70. The number of carbonyl (C=O) groups is 1. The van der Waals surface area contributed by atoms with E-state index in [1.54, 1.807) is 0 Å². The number of fused-ring (bicyclic) bond motifs is 1. The van der Waals surface area contributed by atoms with Crippen LogP contribution < -0.4 is 5.32 Å². The van der Waals surface area contributed by atoms with Crippen LogP contribution in [-0.4, -0.2) is 27.3 Å². The van der Waals surface area contributed by atoms with Gasteiger partial charge in [-0.15, -0.1) is 0 Å². The highest BCUT2D eigenvalue weighted by atomic mass is 32.2. The monoisotopic (exact) mass is 393 g/mol. The topological polar surface area (TPSA) is 46.9 Å². The SMILES string of the molecule is C[C@@H]1[C@H](C)CCC[C@@H]1NC(=O)CSc1nc2ccccc2n1-c1ccccc1. The van der Waals surface area contributed by atoms with Crippen LogP contribution in [0.3, 0.4) is 0 Å². The third kappa shape index (κ3) is 3.95. The van der Waals surface area contributed by atoms with E-state index in [0.29, 0.717) is 23.6 Å². The summed E-state index contributed by atoms with van der Waals surface area (Å²) in [7, 11) is 0. The van der Waals surface area contributed by atoms with E-state index in [1.807, 2.05) is 36.4 Å². The van der Waals surface area contributed by atoms with Crippen molar-refractivity contribution in [3.8, 4) is 5.69 Å². The largest absolute Gasteiger partial charge is 0.352 e. The van der Waals surface area contributed by atoms with Gasteiger partial charge in [-0.2, -0.15) is 0 Å². The van der Waals surface area contributed by atoms with Gasteiger partial charge in [0.2, 0.25) is 5.91 Å². The second-order valence-corrected chi connectivity index (χ2v) is 8.73. The van der Waals surface area contributed by atoms with Gasteiger partial charge in [-0.3, -0.25) is 9.36 Å². The molecular formula is C23H27N3OS. The molecule has 146 valence electrons. The smallest absolute Gasteiger partial charge is 0.230 e. The number of aromatic nitrogens is 2. The average Bonchev–Trinajstić information content (AvgIpc) is 3.09. The molecule has 0 bridgehead atoms. The molecule has 4 rings (SSSR count). The molecule has 3 aromatic rings. The van der Waals surface area contributed by atoms with Gasteiger partial charge in [0.05, 0.1) is 16.8 Å². The zero-order chi connectivity index (χ0) is 19.5. The van der Waals surface area contributed by atoms with Crippen molar-refractivity contribution in [3.63, 3.8) is 0 Å². The standard InChI is InChI=1S/C23H27N3OS/c1-16-9-8-13-19(17(16)2)24-22(27)15-28-23-25-20-12-6-7-14-21(20)26(23)18-10-4-3-5-11-18/h3-7,10-12,14,16-17,19H,8-9,13,15H2,1-2H3,(H,24,27)/t16-,17-,19+/m1/s1. The minimum Gasteiger partial charge on any atom is -0.352 e. The Morgan fingerprint density at radius 1 is 1.11 bits per heavy atom. The molecule has 1 N–H and O–H groups in total. The van der Waals surface area contributed by atoms with Gasteiger partial charge in [-0.05, 0) is 42.5 Å². The molecule has 28 heavy (non-hydrogen) atoms. The van der Waals surface area contributed by atoms with Crippen molar-refractivity contribution in [2.45, 2.75) is 44.3 Å². The number of amides is 1. The molecule has 0 radical (unpaired) electrons. The van der Waals surface area contributed by atoms with Crippen molar-refractivity contribution in [1.82, 2.24) is 14.9 Å². The molecule has 1 aliphatic carbocycles. The minimum absolute atomic E-state index is 0.0996. The third-order valence-electron chi connectivity index (χ3n) is 5.93. The number of carbonyl (C=O) groups excluding carboxylic acids is 1. The first-order valence-electron chi connectivity index (χ1n) is 10.1. The summed E-state index contributed by atoms with van der Waals surface area (Å²) in [5.41, 5.74) is 3.07. The lowest BCUT2D eigenvalue weighted by Crippen LogP contribution is -2.44. The first kappa shape index (κ1) is 19.1. The molecule has 3 atom stereocenters. The summed E-state index contributed by atoms with van der Waals surface area (Å²) in [4.78, 5) is 17.4. The molecule has 1 amide bonds. The van der Waals surface area contributed by atoms with Gasteiger partial charge < -0.3 is 5.32 Å². The van der Waals surface area contributed by atoms with Gasteiger partial charge in [0.15, 0.2) is 5.16 Å². The highest BCUT2D eigenvalue weighted by molar-refractivity contribution is 7.99. The van der Waals surface area contributed by atoms with Crippen LogP contribution in [0.15, 0.2) is 59.8 Å². The number of nitrogens with zero attached hydrogens (tertiary/aromatic N) is 2. The lowest BCUT2D eigenvalue weighted by atomic mass is 9.78. The Morgan fingerprint density at radius 3 is 2.68 bits per heavy atom. The predicted molar refractivity (Wildman–Crippen MR) is 116 cm³/mol. The summed E-state index contributed by atoms with van der Waals surface area (Å²) < 4.78 is 2.14. The molecule has 1 aromatic heterocycles. The Balaban J connectivity index is 1.51. The zero-order valence-electron chi connectivity index (χ0n) is 16.5. The molecule has 4 nitrogen and oxygen atoms in total. The molecular weight excluding hydrogens is 366 g/mol. The normalized spacial score (nSPS) is 22.3. The van der Waals surface area contributed by atoms with Crippen LogP contribution in [0.1, 0.15) is 33.1 Å². The Morgan fingerprint density at radius 2 is 1.86 bits per heavy atom. The van der Waals surface area contributed by atoms with Crippen LogP contribution in [0.2, 0.25) is 0 Å². The van der Waals surface area contributed by atoms with E-state index in [4.69, 9.17) is 4.98 Å². The molecule has 2 aromatic carbocycles. The van der Waals surface area contributed by atoms with Crippen LogP contribution in [-0.2, 0) is 4.79 Å². The van der Waals surface area contributed by atoms with Crippen LogP contribution in [0.25, 0.3) is 16.7 Å². The van der Waals surface area contributed by atoms with Gasteiger partial charge >= 0.3 is 0 Å². The molecule has 1 heterocycles. The number of nitrogens with one attached hydrogen (secondary N) is 1.